The number of carbonyl (C=O) groups is 2. The van der Waals surface area contributed by atoms with Gasteiger partial charge in [0.1, 0.15) is 0 Å². The van der Waals surface area contributed by atoms with E-state index in [1.807, 2.05) is 24.3 Å². The van der Waals surface area contributed by atoms with Crippen LogP contribution < -0.4 is 0 Å². The van der Waals surface area contributed by atoms with Gasteiger partial charge in [-0.25, -0.2) is 0 Å². The van der Waals surface area contributed by atoms with Gasteiger partial charge in [0.05, 0.1) is 5.92 Å². The summed E-state index contributed by atoms with van der Waals surface area (Å²) in [7, 11) is 0. The second-order valence-electron chi connectivity index (χ2n) is 4.60. The van der Waals surface area contributed by atoms with E-state index in [0.29, 0.717) is 12.0 Å². The van der Waals surface area contributed by atoms with E-state index >= 15 is 0 Å². The van der Waals surface area contributed by atoms with Gasteiger partial charge in [-0.1, -0.05) is 37.6 Å². The summed E-state index contributed by atoms with van der Waals surface area (Å²) in [6.45, 7) is 2.11. The fourth-order valence-corrected chi connectivity index (χ4v) is 2.10. The number of aliphatic carboxylic acids is 1. The minimum absolute atomic E-state index is 0.0274. The molecule has 0 amide bonds. The maximum atomic E-state index is 11.9. The van der Waals surface area contributed by atoms with Crippen molar-refractivity contribution in [3.63, 3.8) is 0 Å². The lowest BCUT2D eigenvalue weighted by atomic mass is 10.0. The van der Waals surface area contributed by atoms with Crippen molar-refractivity contribution < 1.29 is 14.7 Å². The van der Waals surface area contributed by atoms with Crippen LogP contribution in [0.4, 0.5) is 0 Å². The third-order valence-electron chi connectivity index (χ3n) is 3.22. The minimum atomic E-state index is -0.856. The van der Waals surface area contributed by atoms with Crippen LogP contribution in [0.5, 0.6) is 0 Å². The molecule has 0 saturated heterocycles. The van der Waals surface area contributed by atoms with Gasteiger partial charge in [-0.3, -0.25) is 9.59 Å². The Balaban J connectivity index is 2.03. The Morgan fingerprint density at radius 3 is 2.35 bits per heavy atom. The van der Waals surface area contributed by atoms with Gasteiger partial charge in [0.25, 0.3) is 0 Å². The molecule has 3 heteroatoms. The summed E-state index contributed by atoms with van der Waals surface area (Å²) in [6, 6.07) is 7.53. The summed E-state index contributed by atoms with van der Waals surface area (Å²) in [5.41, 5.74) is 1.85. The van der Waals surface area contributed by atoms with Crippen LogP contribution in [-0.4, -0.2) is 16.9 Å². The molecule has 1 aromatic carbocycles. The fourth-order valence-electron chi connectivity index (χ4n) is 2.10. The second-order valence-corrected chi connectivity index (χ2v) is 4.60. The van der Waals surface area contributed by atoms with Gasteiger partial charge in [-0.05, 0) is 18.4 Å². The first-order valence-electron chi connectivity index (χ1n) is 5.99. The standard InChI is InChI=1S/C14H16O3/c1-2-3-9-4-6-10(7-5-9)13(15)11-8-12(11)14(16)17/h4-7,11-12H,2-3,8H2,1H3,(H,16,17). The van der Waals surface area contributed by atoms with E-state index in [9.17, 15) is 9.59 Å². The van der Waals surface area contributed by atoms with Crippen LogP contribution in [0.1, 0.15) is 35.7 Å². The second kappa shape index (κ2) is 4.70. The quantitative estimate of drug-likeness (QED) is 0.794. The highest BCUT2D eigenvalue weighted by atomic mass is 16.4. The summed E-state index contributed by atoms with van der Waals surface area (Å²) >= 11 is 0. The molecule has 0 aromatic heterocycles. The number of hydrogen-bond donors (Lipinski definition) is 1. The highest BCUT2D eigenvalue weighted by Gasteiger charge is 2.48. The molecule has 0 bridgehead atoms. The number of hydrogen-bond acceptors (Lipinski definition) is 2. The third-order valence-corrected chi connectivity index (χ3v) is 3.22. The first kappa shape index (κ1) is 11.8. The van der Waals surface area contributed by atoms with E-state index in [1.165, 1.54) is 5.56 Å². The van der Waals surface area contributed by atoms with Crippen molar-refractivity contribution in [1.82, 2.24) is 0 Å². The Hall–Kier alpha value is -1.64. The zero-order chi connectivity index (χ0) is 12.4. The molecule has 1 aliphatic rings. The van der Waals surface area contributed by atoms with Crippen LogP contribution in [0, 0.1) is 11.8 Å². The summed E-state index contributed by atoms with van der Waals surface area (Å²) in [4.78, 5) is 22.6. The Bertz CT molecular complexity index is 433. The van der Waals surface area contributed by atoms with Crippen LogP contribution in [0.15, 0.2) is 24.3 Å². The van der Waals surface area contributed by atoms with Crippen LogP contribution >= 0.6 is 0 Å². The first-order chi connectivity index (χ1) is 8.13. The first-order valence-corrected chi connectivity index (χ1v) is 5.99. The molecule has 2 atom stereocenters. The number of ketones is 1. The molecule has 0 radical (unpaired) electrons. The molecule has 0 aliphatic heterocycles. The lowest BCUT2D eigenvalue weighted by Gasteiger charge is -2.02. The molecule has 0 spiro atoms. The molecule has 1 saturated carbocycles. The smallest absolute Gasteiger partial charge is 0.307 e. The van der Waals surface area contributed by atoms with Crippen molar-refractivity contribution in [3.8, 4) is 0 Å². The Kier molecular flexibility index (Phi) is 3.27. The van der Waals surface area contributed by atoms with E-state index in [-0.39, 0.29) is 11.7 Å². The largest absolute Gasteiger partial charge is 0.481 e. The molecule has 1 N–H and O–H groups in total. The Morgan fingerprint density at radius 2 is 1.88 bits per heavy atom. The molecule has 17 heavy (non-hydrogen) atoms. The molecule has 0 heterocycles. The number of carboxylic acid groups (broad SMARTS) is 1. The number of carbonyl (C=O) groups excluding carboxylic acids is 1. The molecule has 1 aliphatic carbocycles. The monoisotopic (exact) mass is 232 g/mol. The SMILES string of the molecule is CCCc1ccc(C(=O)C2CC2C(=O)O)cc1. The van der Waals surface area contributed by atoms with Crippen LogP contribution in [-0.2, 0) is 11.2 Å². The fraction of sp³-hybridized carbons (Fsp3) is 0.429. The summed E-state index contributed by atoms with van der Waals surface area (Å²) in [6.07, 6.45) is 2.58. The van der Waals surface area contributed by atoms with E-state index in [0.717, 1.165) is 12.8 Å². The van der Waals surface area contributed by atoms with Crippen molar-refractivity contribution >= 4 is 11.8 Å². The molecule has 2 unspecified atom stereocenters. The molecule has 2 rings (SSSR count). The lowest BCUT2D eigenvalue weighted by Crippen LogP contribution is -2.08. The highest BCUT2D eigenvalue weighted by molar-refractivity contribution is 6.02. The number of Topliss-reactive ketones (excluding diaryl/α,β-unsaturated/α-hetero) is 1. The van der Waals surface area contributed by atoms with Gasteiger partial charge in [-0.2, -0.15) is 0 Å². The van der Waals surface area contributed by atoms with Gasteiger partial charge in [-0.15, -0.1) is 0 Å². The van der Waals surface area contributed by atoms with E-state index in [4.69, 9.17) is 5.11 Å². The average molecular weight is 232 g/mol. The van der Waals surface area contributed by atoms with Crippen molar-refractivity contribution in [3.05, 3.63) is 35.4 Å². The zero-order valence-corrected chi connectivity index (χ0v) is 9.85. The van der Waals surface area contributed by atoms with Gasteiger partial charge >= 0.3 is 5.97 Å². The van der Waals surface area contributed by atoms with E-state index < -0.39 is 11.9 Å². The zero-order valence-electron chi connectivity index (χ0n) is 9.85. The number of benzene rings is 1. The van der Waals surface area contributed by atoms with Gasteiger partial charge in [0.15, 0.2) is 5.78 Å². The predicted octanol–water partition coefficient (Wildman–Crippen LogP) is 2.54. The molecule has 90 valence electrons. The van der Waals surface area contributed by atoms with Crippen LogP contribution in [0.25, 0.3) is 0 Å². The molecular formula is C14H16O3. The highest BCUT2D eigenvalue weighted by Crippen LogP contribution is 2.41. The van der Waals surface area contributed by atoms with Crippen molar-refractivity contribution in [1.29, 1.82) is 0 Å². The molecule has 1 fully saturated rings. The van der Waals surface area contributed by atoms with Crippen LogP contribution in [0.2, 0.25) is 0 Å². The number of carboxylic acids is 1. The summed E-state index contributed by atoms with van der Waals surface area (Å²) < 4.78 is 0. The van der Waals surface area contributed by atoms with Gasteiger partial charge in [0.2, 0.25) is 0 Å². The average Bonchev–Trinajstić information content (AvgIpc) is 3.09. The Labute approximate surface area is 100 Å². The third kappa shape index (κ3) is 2.54. The van der Waals surface area contributed by atoms with Crippen molar-refractivity contribution in [2.75, 3.05) is 0 Å². The number of rotatable bonds is 5. The van der Waals surface area contributed by atoms with Gasteiger partial charge < -0.3 is 5.11 Å². The van der Waals surface area contributed by atoms with E-state index in [1.54, 1.807) is 0 Å². The summed E-state index contributed by atoms with van der Waals surface area (Å²) in [5.74, 6) is -1.64. The van der Waals surface area contributed by atoms with Crippen molar-refractivity contribution in [2.24, 2.45) is 11.8 Å². The van der Waals surface area contributed by atoms with Crippen molar-refractivity contribution in [2.45, 2.75) is 26.2 Å². The predicted molar refractivity (Wildman–Crippen MR) is 64.0 cm³/mol. The molecular weight excluding hydrogens is 216 g/mol. The number of aryl methyl sites for hydroxylation is 1. The minimum Gasteiger partial charge on any atom is -0.481 e. The van der Waals surface area contributed by atoms with Crippen LogP contribution in [0.3, 0.4) is 0 Å². The summed E-state index contributed by atoms with van der Waals surface area (Å²) in [5, 5.41) is 8.78. The topological polar surface area (TPSA) is 54.4 Å². The lowest BCUT2D eigenvalue weighted by molar-refractivity contribution is -0.138. The normalized spacial score (nSPS) is 22.2. The molecule has 3 nitrogen and oxygen atoms in total. The maximum absolute atomic E-state index is 11.9. The Morgan fingerprint density at radius 1 is 1.24 bits per heavy atom. The maximum Gasteiger partial charge on any atom is 0.307 e. The van der Waals surface area contributed by atoms with Gasteiger partial charge in [0, 0.05) is 11.5 Å². The molecule has 1 aromatic rings. The van der Waals surface area contributed by atoms with E-state index in [2.05, 4.69) is 6.92 Å².